The monoisotopic (exact) mass is 286 g/mol. The highest BCUT2D eigenvalue weighted by molar-refractivity contribution is 5.18. The van der Waals surface area contributed by atoms with Crippen molar-refractivity contribution in [2.24, 2.45) is 5.92 Å². The Hall–Kier alpha value is -0.860. The van der Waals surface area contributed by atoms with Crippen LogP contribution in [0.5, 0.6) is 0 Å². The smallest absolute Gasteiger partial charge is 0.0111 e. The fourth-order valence-electron chi connectivity index (χ4n) is 4.23. The maximum Gasteiger partial charge on any atom is 0.0111 e. The lowest BCUT2D eigenvalue weighted by Gasteiger charge is -2.27. The molecule has 0 amide bonds. The van der Waals surface area contributed by atoms with Crippen molar-refractivity contribution >= 4 is 0 Å². The summed E-state index contributed by atoms with van der Waals surface area (Å²) in [6.45, 7) is 4.74. The predicted octanol–water partition coefficient (Wildman–Crippen LogP) is 3.69. The highest BCUT2D eigenvalue weighted by Crippen LogP contribution is 2.32. The largest absolute Gasteiger partial charge is 0.314 e. The standard InChI is InChI=1S/C19H30N2/c1-15(16-7-3-2-4-8-16)12-14-21-18-10-5-9-17(18)19-11-6-13-20-19/h2-4,7-8,15,17-21H,5-6,9-14H2,1H3. The van der Waals surface area contributed by atoms with Crippen LogP contribution >= 0.6 is 0 Å². The molecule has 4 atom stereocenters. The average Bonchev–Trinajstić information content (AvgIpc) is 3.18. The molecule has 2 fully saturated rings. The second kappa shape index (κ2) is 7.42. The first-order valence-electron chi connectivity index (χ1n) is 8.86. The molecule has 1 aliphatic carbocycles. The zero-order valence-electron chi connectivity index (χ0n) is 13.4. The molecule has 21 heavy (non-hydrogen) atoms. The van der Waals surface area contributed by atoms with Crippen molar-refractivity contribution in [3.05, 3.63) is 35.9 Å². The Morgan fingerprint density at radius 2 is 2.00 bits per heavy atom. The van der Waals surface area contributed by atoms with Crippen LogP contribution in [0.2, 0.25) is 0 Å². The Balaban J connectivity index is 1.44. The van der Waals surface area contributed by atoms with E-state index in [4.69, 9.17) is 0 Å². The Morgan fingerprint density at radius 3 is 2.76 bits per heavy atom. The molecule has 1 saturated heterocycles. The molecule has 2 heteroatoms. The van der Waals surface area contributed by atoms with Crippen LogP contribution in [-0.2, 0) is 0 Å². The first-order chi connectivity index (χ1) is 10.3. The predicted molar refractivity (Wildman–Crippen MR) is 89.6 cm³/mol. The molecule has 0 bridgehead atoms. The molecule has 0 aromatic heterocycles. The third kappa shape index (κ3) is 3.87. The number of benzene rings is 1. The van der Waals surface area contributed by atoms with E-state index in [1.165, 1.54) is 50.6 Å². The number of rotatable bonds is 6. The summed E-state index contributed by atoms with van der Waals surface area (Å²) in [5.74, 6) is 1.53. The van der Waals surface area contributed by atoms with Gasteiger partial charge in [-0.15, -0.1) is 0 Å². The Labute approximate surface area is 129 Å². The summed E-state index contributed by atoms with van der Waals surface area (Å²) in [6.07, 6.45) is 8.22. The van der Waals surface area contributed by atoms with Crippen LogP contribution in [0, 0.1) is 5.92 Å². The van der Waals surface area contributed by atoms with Gasteiger partial charge < -0.3 is 10.6 Å². The van der Waals surface area contributed by atoms with E-state index < -0.39 is 0 Å². The van der Waals surface area contributed by atoms with Crippen LogP contribution in [0.1, 0.15) is 56.9 Å². The van der Waals surface area contributed by atoms with Crippen LogP contribution in [0.4, 0.5) is 0 Å². The van der Waals surface area contributed by atoms with Crippen molar-refractivity contribution < 1.29 is 0 Å². The maximum absolute atomic E-state index is 3.87. The Kier molecular flexibility index (Phi) is 5.32. The van der Waals surface area contributed by atoms with Gasteiger partial charge >= 0.3 is 0 Å². The molecule has 2 N–H and O–H groups in total. The minimum Gasteiger partial charge on any atom is -0.314 e. The molecule has 3 rings (SSSR count). The number of nitrogens with one attached hydrogen (secondary N) is 2. The molecular weight excluding hydrogens is 256 g/mol. The molecule has 116 valence electrons. The van der Waals surface area contributed by atoms with Crippen molar-refractivity contribution in [2.45, 2.75) is 63.5 Å². The van der Waals surface area contributed by atoms with Crippen LogP contribution < -0.4 is 10.6 Å². The molecule has 2 nitrogen and oxygen atoms in total. The molecule has 1 heterocycles. The first-order valence-corrected chi connectivity index (χ1v) is 8.86. The van der Waals surface area contributed by atoms with E-state index in [0.29, 0.717) is 5.92 Å². The molecule has 2 aliphatic rings. The molecule has 1 aromatic carbocycles. The van der Waals surface area contributed by atoms with Gasteiger partial charge in [0.2, 0.25) is 0 Å². The van der Waals surface area contributed by atoms with Crippen LogP contribution in [0.25, 0.3) is 0 Å². The van der Waals surface area contributed by atoms with Crippen LogP contribution in [0.15, 0.2) is 30.3 Å². The van der Waals surface area contributed by atoms with Gasteiger partial charge in [-0.05, 0) is 62.6 Å². The van der Waals surface area contributed by atoms with E-state index in [1.807, 2.05) is 0 Å². The zero-order valence-corrected chi connectivity index (χ0v) is 13.4. The minimum atomic E-state index is 0.656. The summed E-state index contributed by atoms with van der Waals surface area (Å²) in [7, 11) is 0. The molecule has 1 aromatic rings. The van der Waals surface area contributed by atoms with Gasteiger partial charge in [-0.1, -0.05) is 43.7 Å². The van der Waals surface area contributed by atoms with E-state index in [0.717, 1.165) is 24.5 Å². The normalized spacial score (nSPS) is 30.6. The fourth-order valence-corrected chi connectivity index (χ4v) is 4.23. The van der Waals surface area contributed by atoms with Gasteiger partial charge in [0.15, 0.2) is 0 Å². The summed E-state index contributed by atoms with van der Waals surface area (Å²) >= 11 is 0. The van der Waals surface area contributed by atoms with Crippen molar-refractivity contribution in [2.75, 3.05) is 13.1 Å². The van der Waals surface area contributed by atoms with E-state index in [9.17, 15) is 0 Å². The average molecular weight is 286 g/mol. The third-order valence-corrected chi connectivity index (χ3v) is 5.54. The van der Waals surface area contributed by atoms with E-state index in [2.05, 4.69) is 47.9 Å². The van der Waals surface area contributed by atoms with Crippen molar-refractivity contribution in [3.63, 3.8) is 0 Å². The van der Waals surface area contributed by atoms with E-state index in [-0.39, 0.29) is 0 Å². The lowest BCUT2D eigenvalue weighted by Crippen LogP contribution is -2.42. The quantitative estimate of drug-likeness (QED) is 0.833. The second-order valence-corrected chi connectivity index (χ2v) is 6.96. The lowest BCUT2D eigenvalue weighted by atomic mass is 9.92. The summed E-state index contributed by atoms with van der Waals surface area (Å²) in [6, 6.07) is 12.5. The van der Waals surface area contributed by atoms with Gasteiger partial charge in [0, 0.05) is 12.1 Å². The highest BCUT2D eigenvalue weighted by Gasteiger charge is 2.34. The highest BCUT2D eigenvalue weighted by atomic mass is 15.0. The summed E-state index contributed by atoms with van der Waals surface area (Å²) < 4.78 is 0. The minimum absolute atomic E-state index is 0.656. The zero-order chi connectivity index (χ0) is 14.5. The molecule has 4 unspecified atom stereocenters. The topological polar surface area (TPSA) is 24.1 Å². The van der Waals surface area contributed by atoms with Gasteiger partial charge in [-0.3, -0.25) is 0 Å². The molecule has 1 saturated carbocycles. The van der Waals surface area contributed by atoms with E-state index in [1.54, 1.807) is 0 Å². The Bertz CT molecular complexity index is 411. The maximum atomic E-state index is 3.87. The fraction of sp³-hybridized carbons (Fsp3) is 0.684. The van der Waals surface area contributed by atoms with Crippen molar-refractivity contribution in [3.8, 4) is 0 Å². The summed E-state index contributed by atoms with van der Waals surface area (Å²) in [4.78, 5) is 0. The molecular formula is C19H30N2. The van der Waals surface area contributed by atoms with Crippen molar-refractivity contribution in [1.29, 1.82) is 0 Å². The lowest BCUT2D eigenvalue weighted by molar-refractivity contribution is 0.318. The van der Waals surface area contributed by atoms with Gasteiger partial charge in [0.1, 0.15) is 0 Å². The third-order valence-electron chi connectivity index (χ3n) is 5.54. The van der Waals surface area contributed by atoms with E-state index >= 15 is 0 Å². The summed E-state index contributed by atoms with van der Waals surface area (Å²) in [5.41, 5.74) is 1.47. The van der Waals surface area contributed by atoms with Crippen molar-refractivity contribution in [1.82, 2.24) is 10.6 Å². The van der Waals surface area contributed by atoms with Crippen LogP contribution in [-0.4, -0.2) is 25.2 Å². The second-order valence-electron chi connectivity index (χ2n) is 6.96. The molecule has 0 radical (unpaired) electrons. The Morgan fingerprint density at radius 1 is 1.14 bits per heavy atom. The SMILES string of the molecule is CC(CCNC1CCCC1C1CCCN1)c1ccccc1. The van der Waals surface area contributed by atoms with Gasteiger partial charge in [0.25, 0.3) is 0 Å². The molecule has 0 spiro atoms. The number of hydrogen-bond donors (Lipinski definition) is 2. The summed E-state index contributed by atoms with van der Waals surface area (Å²) in [5, 5.41) is 7.58. The van der Waals surface area contributed by atoms with Crippen LogP contribution in [0.3, 0.4) is 0 Å². The molecule has 1 aliphatic heterocycles. The number of hydrogen-bond acceptors (Lipinski definition) is 2. The van der Waals surface area contributed by atoms with Gasteiger partial charge in [-0.2, -0.15) is 0 Å². The first kappa shape index (κ1) is 15.1. The van der Waals surface area contributed by atoms with Gasteiger partial charge in [0.05, 0.1) is 0 Å². The van der Waals surface area contributed by atoms with Gasteiger partial charge in [-0.25, -0.2) is 0 Å².